The van der Waals surface area contributed by atoms with Gasteiger partial charge in [-0.05, 0) is 12.3 Å². The summed E-state index contributed by atoms with van der Waals surface area (Å²) in [4.78, 5) is 12.0. The van der Waals surface area contributed by atoms with Crippen LogP contribution in [0, 0.1) is 11.8 Å². The third-order valence-corrected chi connectivity index (χ3v) is 2.48. The first kappa shape index (κ1) is 11.0. The Morgan fingerprint density at radius 2 is 1.79 bits per heavy atom. The number of carbonyl (C=O) groups excluding carboxylic acids is 1. The Bertz CT molecular complexity index is 287. The van der Waals surface area contributed by atoms with Gasteiger partial charge in [0.1, 0.15) is 0 Å². The Labute approximate surface area is 86.1 Å². The van der Waals surface area contributed by atoms with Crippen molar-refractivity contribution in [2.75, 3.05) is 0 Å². The summed E-state index contributed by atoms with van der Waals surface area (Å²) in [5, 5.41) is 0. The van der Waals surface area contributed by atoms with Gasteiger partial charge < -0.3 is 0 Å². The zero-order chi connectivity index (χ0) is 10.6. The lowest BCUT2D eigenvalue weighted by Gasteiger charge is -2.16. The van der Waals surface area contributed by atoms with Crippen molar-refractivity contribution >= 4 is 5.78 Å². The molecule has 0 fully saturated rings. The lowest BCUT2D eigenvalue weighted by atomic mass is 9.86. The third kappa shape index (κ3) is 2.44. The summed E-state index contributed by atoms with van der Waals surface area (Å²) in [5.41, 5.74) is 0.820. The first-order valence-electron chi connectivity index (χ1n) is 5.06. The Kier molecular flexibility index (Phi) is 3.87. The maximum atomic E-state index is 12.0. The Morgan fingerprint density at radius 3 is 2.21 bits per heavy atom. The second-order valence-corrected chi connectivity index (χ2v) is 3.77. The van der Waals surface area contributed by atoms with Crippen LogP contribution >= 0.6 is 0 Å². The number of rotatable bonds is 4. The van der Waals surface area contributed by atoms with E-state index < -0.39 is 0 Å². The Morgan fingerprint density at radius 1 is 1.21 bits per heavy atom. The third-order valence-electron chi connectivity index (χ3n) is 2.48. The average Bonchev–Trinajstić information content (AvgIpc) is 2.19. The molecule has 0 aliphatic carbocycles. The van der Waals surface area contributed by atoms with E-state index in [9.17, 15) is 4.79 Å². The second kappa shape index (κ2) is 4.94. The van der Waals surface area contributed by atoms with Crippen molar-refractivity contribution < 1.29 is 4.79 Å². The largest absolute Gasteiger partial charge is 0.294 e. The van der Waals surface area contributed by atoms with Crippen LogP contribution in [0.2, 0.25) is 0 Å². The lowest BCUT2D eigenvalue weighted by molar-refractivity contribution is 0.0925. The van der Waals surface area contributed by atoms with Crippen LogP contribution in [0.15, 0.2) is 30.3 Å². The molecule has 1 nitrogen and oxygen atoms in total. The molecule has 1 radical (unpaired) electrons. The van der Waals surface area contributed by atoms with E-state index in [0.717, 1.165) is 12.0 Å². The van der Waals surface area contributed by atoms with Crippen LogP contribution < -0.4 is 0 Å². The second-order valence-electron chi connectivity index (χ2n) is 3.77. The van der Waals surface area contributed by atoms with Gasteiger partial charge in [-0.1, -0.05) is 51.1 Å². The topological polar surface area (TPSA) is 17.1 Å². The molecule has 0 aromatic heterocycles. The van der Waals surface area contributed by atoms with Crippen LogP contribution in [-0.2, 0) is 0 Å². The number of hydrogen-bond acceptors (Lipinski definition) is 1. The van der Waals surface area contributed by atoms with E-state index in [2.05, 4.69) is 6.92 Å². The van der Waals surface area contributed by atoms with E-state index in [1.54, 1.807) is 0 Å². The normalized spacial score (nSPS) is 12.9. The van der Waals surface area contributed by atoms with Gasteiger partial charge in [-0.25, -0.2) is 0 Å². The highest BCUT2D eigenvalue weighted by atomic mass is 16.1. The van der Waals surface area contributed by atoms with Crippen molar-refractivity contribution in [1.82, 2.24) is 0 Å². The van der Waals surface area contributed by atoms with Crippen molar-refractivity contribution in [2.24, 2.45) is 5.92 Å². The number of ketones is 1. The van der Waals surface area contributed by atoms with Crippen molar-refractivity contribution in [3.05, 3.63) is 41.8 Å². The van der Waals surface area contributed by atoms with Gasteiger partial charge >= 0.3 is 0 Å². The lowest BCUT2D eigenvalue weighted by Crippen LogP contribution is -2.18. The highest BCUT2D eigenvalue weighted by molar-refractivity contribution is 5.98. The van der Waals surface area contributed by atoms with Crippen molar-refractivity contribution in [2.45, 2.75) is 27.2 Å². The molecule has 1 unspecified atom stereocenters. The minimum absolute atomic E-state index is 0.0809. The molecule has 0 bridgehead atoms. The smallest absolute Gasteiger partial charge is 0.166 e. The molecule has 0 aliphatic heterocycles. The molecule has 0 spiro atoms. The summed E-state index contributed by atoms with van der Waals surface area (Å²) in [5.74, 6) is 1.52. The zero-order valence-corrected chi connectivity index (χ0v) is 9.08. The zero-order valence-electron chi connectivity index (χ0n) is 9.08. The monoisotopic (exact) mass is 189 g/mol. The fourth-order valence-corrected chi connectivity index (χ4v) is 1.66. The van der Waals surface area contributed by atoms with E-state index >= 15 is 0 Å². The molecule has 1 atom stereocenters. The number of benzene rings is 1. The van der Waals surface area contributed by atoms with Gasteiger partial charge in [0.15, 0.2) is 5.78 Å². The average molecular weight is 189 g/mol. The van der Waals surface area contributed by atoms with E-state index in [0.29, 0.717) is 0 Å². The standard InChI is InChI=1S/C13H17O/c1-4-12(10(2)3)13(14)11-8-6-5-7-9-11/h5-9,12H,4H2,1-3H3. The van der Waals surface area contributed by atoms with E-state index in [-0.39, 0.29) is 11.7 Å². The van der Waals surface area contributed by atoms with Crippen LogP contribution in [0.5, 0.6) is 0 Å². The molecule has 14 heavy (non-hydrogen) atoms. The summed E-state index contributed by atoms with van der Waals surface area (Å²) in [6, 6.07) is 9.51. The molecule has 0 heterocycles. The van der Waals surface area contributed by atoms with Crippen LogP contribution in [0.3, 0.4) is 0 Å². The highest BCUT2D eigenvalue weighted by Crippen LogP contribution is 2.21. The fourth-order valence-electron chi connectivity index (χ4n) is 1.66. The minimum atomic E-state index is 0.0809. The molecule has 1 rings (SSSR count). The minimum Gasteiger partial charge on any atom is -0.294 e. The number of hydrogen-bond donors (Lipinski definition) is 0. The molecule has 0 saturated carbocycles. The van der Waals surface area contributed by atoms with Crippen LogP contribution in [0.1, 0.15) is 37.6 Å². The molecule has 75 valence electrons. The van der Waals surface area contributed by atoms with Gasteiger partial charge in [0.25, 0.3) is 0 Å². The molecule has 0 saturated heterocycles. The maximum absolute atomic E-state index is 12.0. The van der Waals surface area contributed by atoms with Crippen molar-refractivity contribution in [3.8, 4) is 0 Å². The molecular weight excluding hydrogens is 172 g/mol. The van der Waals surface area contributed by atoms with E-state index in [4.69, 9.17) is 0 Å². The van der Waals surface area contributed by atoms with Crippen LogP contribution in [0.4, 0.5) is 0 Å². The summed E-state index contributed by atoms with van der Waals surface area (Å²) < 4.78 is 0. The highest BCUT2D eigenvalue weighted by Gasteiger charge is 2.21. The van der Waals surface area contributed by atoms with Crippen LogP contribution in [0.25, 0.3) is 0 Å². The number of carbonyl (C=O) groups is 1. The quantitative estimate of drug-likeness (QED) is 0.662. The SMILES string of the molecule is CCC([C](C)C)C(=O)c1ccccc1. The van der Waals surface area contributed by atoms with Crippen LogP contribution in [-0.4, -0.2) is 5.78 Å². The molecule has 0 aliphatic rings. The first-order valence-corrected chi connectivity index (χ1v) is 5.06. The van der Waals surface area contributed by atoms with Gasteiger partial charge in [-0.2, -0.15) is 0 Å². The summed E-state index contributed by atoms with van der Waals surface area (Å²) >= 11 is 0. The van der Waals surface area contributed by atoms with Crippen molar-refractivity contribution in [1.29, 1.82) is 0 Å². The van der Waals surface area contributed by atoms with Gasteiger partial charge in [-0.15, -0.1) is 0 Å². The number of Topliss-reactive ketones (excluding diaryl/α,β-unsaturated/α-hetero) is 1. The van der Waals surface area contributed by atoms with E-state index in [1.165, 1.54) is 5.92 Å². The van der Waals surface area contributed by atoms with Gasteiger partial charge in [0, 0.05) is 11.5 Å². The molecule has 0 N–H and O–H groups in total. The van der Waals surface area contributed by atoms with Crippen molar-refractivity contribution in [3.63, 3.8) is 0 Å². The van der Waals surface area contributed by atoms with E-state index in [1.807, 2.05) is 44.2 Å². The Balaban J connectivity index is 2.84. The summed E-state index contributed by atoms with van der Waals surface area (Å²) in [6.45, 7) is 6.10. The summed E-state index contributed by atoms with van der Waals surface area (Å²) in [6.07, 6.45) is 0.885. The summed E-state index contributed by atoms with van der Waals surface area (Å²) in [7, 11) is 0. The molecule has 1 heteroatoms. The predicted octanol–water partition coefficient (Wildman–Crippen LogP) is 3.51. The maximum Gasteiger partial charge on any atom is 0.166 e. The first-order chi connectivity index (χ1) is 6.66. The van der Waals surface area contributed by atoms with Gasteiger partial charge in [-0.3, -0.25) is 4.79 Å². The molecule has 1 aromatic rings. The van der Waals surface area contributed by atoms with Gasteiger partial charge in [0.2, 0.25) is 0 Å². The Hall–Kier alpha value is -1.11. The molecular formula is C13H17O. The van der Waals surface area contributed by atoms with Gasteiger partial charge in [0.05, 0.1) is 0 Å². The molecule has 0 amide bonds. The molecule has 1 aromatic carbocycles. The predicted molar refractivity (Wildman–Crippen MR) is 59.1 cm³/mol. The fraction of sp³-hybridized carbons (Fsp3) is 0.385.